The van der Waals surface area contributed by atoms with E-state index >= 15 is 0 Å². The highest BCUT2D eigenvalue weighted by Gasteiger charge is 2.54. The predicted molar refractivity (Wildman–Crippen MR) is 156 cm³/mol. The number of rotatable bonds is 5. The minimum absolute atomic E-state index is 0.218. The van der Waals surface area contributed by atoms with Gasteiger partial charge < -0.3 is 5.11 Å². The molecule has 0 amide bonds. The van der Waals surface area contributed by atoms with Crippen molar-refractivity contribution < 1.29 is 5.11 Å². The van der Waals surface area contributed by atoms with Crippen molar-refractivity contribution in [3.05, 3.63) is 119 Å². The van der Waals surface area contributed by atoms with Crippen molar-refractivity contribution in [3.8, 4) is 11.4 Å². The van der Waals surface area contributed by atoms with Crippen molar-refractivity contribution in [2.24, 2.45) is 10.8 Å². The van der Waals surface area contributed by atoms with E-state index in [1.807, 2.05) is 36.4 Å². The highest BCUT2D eigenvalue weighted by atomic mass is 16.3. The van der Waals surface area contributed by atoms with E-state index in [0.29, 0.717) is 5.69 Å². The van der Waals surface area contributed by atoms with Crippen LogP contribution in [0.5, 0.6) is 5.75 Å². The van der Waals surface area contributed by atoms with E-state index in [4.69, 9.17) is 10.2 Å². The summed E-state index contributed by atoms with van der Waals surface area (Å²) in [5.41, 5.74) is 5.57. The van der Waals surface area contributed by atoms with Gasteiger partial charge in [0.2, 0.25) is 0 Å². The minimum atomic E-state index is -0.528. The molecular weight excluding hydrogens is 466 g/mol. The first-order chi connectivity index (χ1) is 18.0. The fourth-order valence-electron chi connectivity index (χ4n) is 6.66. The number of benzene rings is 4. The van der Waals surface area contributed by atoms with E-state index < -0.39 is 5.41 Å². The molecule has 5 aromatic rings. The van der Waals surface area contributed by atoms with Crippen LogP contribution in [0, 0.1) is 10.8 Å². The van der Waals surface area contributed by atoms with Gasteiger partial charge in [0.15, 0.2) is 0 Å². The van der Waals surface area contributed by atoms with Gasteiger partial charge >= 0.3 is 0 Å². The fraction of sp³-hybridized carbons (Fsp3) is 0.294. The maximum Gasteiger partial charge on any atom is 0.147 e. The van der Waals surface area contributed by atoms with Crippen LogP contribution < -0.4 is 0 Å². The van der Waals surface area contributed by atoms with Gasteiger partial charge in [0.05, 0.1) is 0 Å². The molecular formula is C34H37N3O. The number of fused-ring (bicyclic) bond motifs is 1. The molecule has 0 radical (unpaired) electrons. The molecule has 5 rings (SSSR count). The van der Waals surface area contributed by atoms with Crippen molar-refractivity contribution in [1.29, 1.82) is 0 Å². The predicted octanol–water partition coefficient (Wildman–Crippen LogP) is 8.10. The normalized spacial score (nSPS) is 12.7. The third-order valence-corrected chi connectivity index (χ3v) is 7.76. The fourth-order valence-corrected chi connectivity index (χ4v) is 6.66. The van der Waals surface area contributed by atoms with Gasteiger partial charge in [-0.25, -0.2) is 0 Å². The summed E-state index contributed by atoms with van der Waals surface area (Å²) in [5.74, 6) is 0.218. The molecule has 1 N–H and O–H groups in total. The van der Waals surface area contributed by atoms with Crippen molar-refractivity contribution in [3.63, 3.8) is 0 Å². The lowest BCUT2D eigenvalue weighted by Crippen LogP contribution is -2.51. The molecule has 1 heterocycles. The highest BCUT2D eigenvalue weighted by Crippen LogP contribution is 2.60. The molecule has 0 bridgehead atoms. The van der Waals surface area contributed by atoms with Crippen molar-refractivity contribution >= 4 is 11.0 Å². The molecule has 0 spiro atoms. The van der Waals surface area contributed by atoms with Crippen molar-refractivity contribution in [2.75, 3.05) is 0 Å². The Morgan fingerprint density at radius 3 is 1.66 bits per heavy atom. The van der Waals surface area contributed by atoms with Crippen LogP contribution in [0.25, 0.3) is 16.7 Å². The number of aromatic hydroxyl groups is 1. The Hall–Kier alpha value is -3.92. The summed E-state index contributed by atoms with van der Waals surface area (Å²) in [6.07, 6.45) is 0.737. The van der Waals surface area contributed by atoms with E-state index in [2.05, 4.69) is 102 Å². The first kappa shape index (κ1) is 25.7. The molecule has 4 heteroatoms. The average Bonchev–Trinajstić information content (AvgIpc) is 3.30. The summed E-state index contributed by atoms with van der Waals surface area (Å²) in [4.78, 5) is 1.60. The molecule has 38 heavy (non-hydrogen) atoms. The van der Waals surface area contributed by atoms with E-state index in [-0.39, 0.29) is 16.6 Å². The minimum Gasteiger partial charge on any atom is -0.505 e. The lowest BCUT2D eigenvalue weighted by molar-refractivity contribution is 0.0878. The topological polar surface area (TPSA) is 50.9 Å². The van der Waals surface area contributed by atoms with Crippen LogP contribution in [0.1, 0.15) is 63.8 Å². The Balaban J connectivity index is 1.86. The number of aromatic nitrogens is 3. The van der Waals surface area contributed by atoms with Gasteiger partial charge in [0.1, 0.15) is 22.5 Å². The molecule has 0 aliphatic heterocycles. The van der Waals surface area contributed by atoms with Crippen LogP contribution in [-0.2, 0) is 11.8 Å². The first-order valence-corrected chi connectivity index (χ1v) is 13.3. The molecule has 0 aliphatic rings. The third kappa shape index (κ3) is 4.28. The Morgan fingerprint density at radius 1 is 0.632 bits per heavy atom. The van der Waals surface area contributed by atoms with E-state index in [9.17, 15) is 5.11 Å². The smallest absolute Gasteiger partial charge is 0.147 e. The van der Waals surface area contributed by atoms with Gasteiger partial charge in [-0.2, -0.15) is 0 Å². The number of nitrogens with zero attached hydrogens (tertiary/aromatic N) is 3. The Kier molecular flexibility index (Phi) is 6.38. The molecule has 194 valence electrons. The maximum absolute atomic E-state index is 12.2. The van der Waals surface area contributed by atoms with Crippen molar-refractivity contribution in [2.45, 2.75) is 53.4 Å². The van der Waals surface area contributed by atoms with Gasteiger partial charge in [0.25, 0.3) is 0 Å². The molecule has 4 nitrogen and oxygen atoms in total. The monoisotopic (exact) mass is 503 g/mol. The average molecular weight is 504 g/mol. The zero-order chi connectivity index (χ0) is 27.1. The zero-order valence-corrected chi connectivity index (χ0v) is 23.2. The van der Waals surface area contributed by atoms with Crippen LogP contribution in [0.15, 0.2) is 97.1 Å². The Bertz CT molecular complexity index is 1510. The first-order valence-electron chi connectivity index (χ1n) is 13.3. The Labute approximate surface area is 226 Å². The van der Waals surface area contributed by atoms with Gasteiger partial charge in [0, 0.05) is 11.0 Å². The summed E-state index contributed by atoms with van der Waals surface area (Å²) in [5, 5.41) is 21.7. The summed E-state index contributed by atoms with van der Waals surface area (Å²) in [6, 6.07) is 33.1. The molecule has 0 aliphatic carbocycles. The standard InChI is InChI=1S/C34H37N3O/c1-32(2,3)34(33(4,5)6,26-17-11-8-12-18-26)27-22-25(21-24-15-9-7-10-16-24)23-30(31(27)38)37-35-28-19-13-14-20-29(28)36-37/h7-20,22-23,38H,21H2,1-6H3. The maximum atomic E-state index is 12.2. The summed E-state index contributed by atoms with van der Waals surface area (Å²) >= 11 is 0. The second kappa shape index (κ2) is 9.43. The number of hydrogen-bond donors (Lipinski definition) is 1. The largest absolute Gasteiger partial charge is 0.505 e. The second-order valence-corrected chi connectivity index (χ2v) is 12.3. The van der Waals surface area contributed by atoms with Gasteiger partial charge in [-0.3, -0.25) is 0 Å². The number of phenolic OH excluding ortho intramolecular Hbond substituents is 1. The van der Waals surface area contributed by atoms with Gasteiger partial charge in [-0.1, -0.05) is 120 Å². The van der Waals surface area contributed by atoms with E-state index in [0.717, 1.165) is 28.6 Å². The summed E-state index contributed by atoms with van der Waals surface area (Å²) < 4.78 is 0. The van der Waals surface area contributed by atoms with Crippen LogP contribution >= 0.6 is 0 Å². The molecule has 0 fully saturated rings. The van der Waals surface area contributed by atoms with E-state index in [1.54, 1.807) is 4.80 Å². The van der Waals surface area contributed by atoms with Crippen LogP contribution in [0.4, 0.5) is 0 Å². The lowest BCUT2D eigenvalue weighted by atomic mass is 9.48. The summed E-state index contributed by atoms with van der Waals surface area (Å²) in [6.45, 7) is 13.6. The SMILES string of the molecule is CC(C)(C)C(c1ccccc1)(c1cc(Cc2ccccc2)cc(-n2nc3ccccc3n2)c1O)C(C)(C)C. The zero-order valence-electron chi connectivity index (χ0n) is 23.2. The van der Waals surface area contributed by atoms with E-state index in [1.165, 1.54) is 11.1 Å². The molecule has 0 saturated heterocycles. The van der Waals surface area contributed by atoms with Crippen LogP contribution in [-0.4, -0.2) is 20.1 Å². The van der Waals surface area contributed by atoms with Crippen LogP contribution in [0.2, 0.25) is 0 Å². The Morgan fingerprint density at radius 2 is 1.13 bits per heavy atom. The van der Waals surface area contributed by atoms with Gasteiger partial charge in [-0.05, 0) is 52.1 Å². The molecule has 1 aromatic heterocycles. The summed E-state index contributed by atoms with van der Waals surface area (Å²) in [7, 11) is 0. The second-order valence-electron chi connectivity index (χ2n) is 12.3. The lowest BCUT2D eigenvalue weighted by Gasteiger charge is -2.55. The number of hydrogen-bond acceptors (Lipinski definition) is 3. The highest BCUT2D eigenvalue weighted by molar-refractivity contribution is 5.74. The van der Waals surface area contributed by atoms with Crippen molar-refractivity contribution in [1.82, 2.24) is 15.0 Å². The molecule has 4 aromatic carbocycles. The number of phenols is 1. The quantitative estimate of drug-likeness (QED) is 0.264. The third-order valence-electron chi connectivity index (χ3n) is 7.76. The molecule has 0 atom stereocenters. The van der Waals surface area contributed by atoms with Crippen LogP contribution in [0.3, 0.4) is 0 Å². The van der Waals surface area contributed by atoms with Gasteiger partial charge in [-0.15, -0.1) is 15.0 Å². The molecule has 0 saturated carbocycles. The molecule has 0 unspecified atom stereocenters.